The lowest BCUT2D eigenvalue weighted by molar-refractivity contribution is -0.138. The first kappa shape index (κ1) is 12.9. The summed E-state index contributed by atoms with van der Waals surface area (Å²) < 4.78 is 41.8. The SMILES string of the molecule is COC1=C(C(F)(F)F)C=C(Br)[C@H](C(=O)O)N1. The number of hydrogen-bond acceptors (Lipinski definition) is 3. The van der Waals surface area contributed by atoms with Gasteiger partial charge < -0.3 is 15.2 Å². The Hall–Kier alpha value is -1.18. The van der Waals surface area contributed by atoms with E-state index in [-0.39, 0.29) is 4.48 Å². The van der Waals surface area contributed by atoms with Crippen LogP contribution < -0.4 is 5.32 Å². The second-order valence-electron chi connectivity index (χ2n) is 2.89. The first-order valence-electron chi connectivity index (χ1n) is 3.99. The summed E-state index contributed by atoms with van der Waals surface area (Å²) in [4.78, 5) is 10.7. The van der Waals surface area contributed by atoms with E-state index in [0.29, 0.717) is 6.08 Å². The van der Waals surface area contributed by atoms with E-state index in [1.165, 1.54) is 0 Å². The van der Waals surface area contributed by atoms with Gasteiger partial charge in [0.1, 0.15) is 5.57 Å². The molecule has 0 aliphatic carbocycles. The van der Waals surface area contributed by atoms with Gasteiger partial charge >= 0.3 is 12.1 Å². The fourth-order valence-corrected chi connectivity index (χ4v) is 1.66. The van der Waals surface area contributed by atoms with Gasteiger partial charge in [-0.3, -0.25) is 0 Å². The van der Waals surface area contributed by atoms with E-state index in [9.17, 15) is 18.0 Å². The molecule has 4 nitrogen and oxygen atoms in total. The molecule has 0 unspecified atom stereocenters. The summed E-state index contributed by atoms with van der Waals surface area (Å²) in [5, 5.41) is 10.8. The van der Waals surface area contributed by atoms with Gasteiger partial charge in [-0.2, -0.15) is 13.2 Å². The molecule has 8 heteroatoms. The fraction of sp³-hybridized carbons (Fsp3) is 0.375. The Morgan fingerprint density at radius 2 is 2.19 bits per heavy atom. The van der Waals surface area contributed by atoms with Crippen LogP contribution in [-0.4, -0.2) is 30.4 Å². The van der Waals surface area contributed by atoms with Crippen LogP contribution >= 0.6 is 15.9 Å². The molecule has 16 heavy (non-hydrogen) atoms. The molecule has 0 spiro atoms. The predicted molar refractivity (Wildman–Crippen MR) is 51.7 cm³/mol. The van der Waals surface area contributed by atoms with Crippen molar-refractivity contribution in [2.24, 2.45) is 0 Å². The Labute approximate surface area is 96.9 Å². The van der Waals surface area contributed by atoms with Crippen LogP contribution in [-0.2, 0) is 9.53 Å². The van der Waals surface area contributed by atoms with Gasteiger partial charge in [-0.15, -0.1) is 0 Å². The normalized spacial score (nSPS) is 21.3. The molecule has 0 radical (unpaired) electrons. The molecule has 0 aromatic rings. The minimum atomic E-state index is -4.61. The Morgan fingerprint density at radius 3 is 2.56 bits per heavy atom. The number of carboxylic acid groups (broad SMARTS) is 1. The van der Waals surface area contributed by atoms with E-state index >= 15 is 0 Å². The van der Waals surface area contributed by atoms with Gasteiger partial charge in [-0.25, -0.2) is 4.79 Å². The number of allylic oxidation sites excluding steroid dienone is 2. The maximum atomic E-state index is 12.5. The number of alkyl halides is 3. The van der Waals surface area contributed by atoms with E-state index in [0.717, 1.165) is 7.11 Å². The molecule has 1 aliphatic heterocycles. The number of carbonyl (C=O) groups is 1. The lowest BCUT2D eigenvalue weighted by Crippen LogP contribution is -2.41. The van der Waals surface area contributed by atoms with Gasteiger partial charge in [-0.05, 0) is 6.08 Å². The van der Waals surface area contributed by atoms with Crippen LogP contribution in [0.2, 0.25) is 0 Å². The second kappa shape index (κ2) is 4.36. The predicted octanol–water partition coefficient (Wildman–Crippen LogP) is 1.74. The fourth-order valence-electron chi connectivity index (χ4n) is 1.12. The third kappa shape index (κ3) is 2.49. The molecule has 0 aromatic heterocycles. The number of methoxy groups -OCH3 is 1. The van der Waals surface area contributed by atoms with Gasteiger partial charge in [0.25, 0.3) is 0 Å². The van der Waals surface area contributed by atoms with E-state index in [1.807, 2.05) is 0 Å². The van der Waals surface area contributed by atoms with Crippen LogP contribution in [0, 0.1) is 0 Å². The van der Waals surface area contributed by atoms with Crippen molar-refractivity contribution in [3.05, 3.63) is 22.0 Å². The van der Waals surface area contributed by atoms with Gasteiger partial charge in [0.2, 0.25) is 0 Å². The summed E-state index contributed by atoms with van der Waals surface area (Å²) in [7, 11) is 1.03. The Kier molecular flexibility index (Phi) is 3.51. The van der Waals surface area contributed by atoms with Crippen molar-refractivity contribution in [2.45, 2.75) is 12.2 Å². The average molecular weight is 302 g/mol. The molecule has 1 rings (SSSR count). The summed E-state index contributed by atoms with van der Waals surface area (Å²) >= 11 is 2.77. The highest BCUT2D eigenvalue weighted by Crippen LogP contribution is 2.34. The molecule has 1 aliphatic rings. The standard InChI is InChI=1S/C8H7BrF3NO3/c1-16-6-3(8(10,11)12)2-4(9)5(13-6)7(14)15/h2,5,13H,1H3,(H,14,15)/t5-/m1/s1. The van der Waals surface area contributed by atoms with Crippen molar-refractivity contribution in [3.63, 3.8) is 0 Å². The third-order valence-corrected chi connectivity index (χ3v) is 2.52. The second-order valence-corrected chi connectivity index (χ2v) is 3.81. The van der Waals surface area contributed by atoms with Crippen LogP contribution in [0.4, 0.5) is 13.2 Å². The number of nitrogens with one attached hydrogen (secondary N) is 1. The van der Waals surface area contributed by atoms with Crippen molar-refractivity contribution in [1.29, 1.82) is 0 Å². The van der Waals surface area contributed by atoms with Crippen LogP contribution in [0.3, 0.4) is 0 Å². The summed E-state index contributed by atoms with van der Waals surface area (Å²) in [6, 6.07) is -1.28. The number of ether oxygens (including phenoxy) is 1. The summed E-state index contributed by atoms with van der Waals surface area (Å²) in [5.41, 5.74) is -1.06. The maximum absolute atomic E-state index is 12.5. The van der Waals surface area contributed by atoms with Crippen LogP contribution in [0.1, 0.15) is 0 Å². The number of dihydropyridines is 1. The van der Waals surface area contributed by atoms with Gasteiger partial charge in [0.15, 0.2) is 11.9 Å². The topological polar surface area (TPSA) is 58.6 Å². The zero-order valence-electron chi connectivity index (χ0n) is 7.93. The lowest BCUT2D eigenvalue weighted by Gasteiger charge is -2.24. The van der Waals surface area contributed by atoms with E-state index in [4.69, 9.17) is 5.11 Å². The van der Waals surface area contributed by atoms with Crippen molar-refractivity contribution in [1.82, 2.24) is 5.32 Å². The van der Waals surface area contributed by atoms with Gasteiger partial charge in [0.05, 0.1) is 7.11 Å². The summed E-state index contributed by atoms with van der Waals surface area (Å²) in [5.74, 6) is -1.91. The summed E-state index contributed by atoms with van der Waals surface area (Å²) in [6.45, 7) is 0. The Balaban J connectivity index is 3.15. The highest BCUT2D eigenvalue weighted by atomic mass is 79.9. The average Bonchev–Trinajstić information content (AvgIpc) is 2.15. The van der Waals surface area contributed by atoms with Crippen molar-refractivity contribution >= 4 is 21.9 Å². The first-order chi connectivity index (χ1) is 7.27. The molecule has 0 fully saturated rings. The maximum Gasteiger partial charge on any atom is 0.421 e. The van der Waals surface area contributed by atoms with Gasteiger partial charge in [-0.1, -0.05) is 15.9 Å². The first-order valence-corrected chi connectivity index (χ1v) is 4.78. The molecule has 0 saturated carbocycles. The van der Waals surface area contributed by atoms with E-state index < -0.39 is 29.6 Å². The van der Waals surface area contributed by atoms with Gasteiger partial charge in [0, 0.05) is 4.48 Å². The minimum Gasteiger partial charge on any atom is -0.482 e. The highest BCUT2D eigenvalue weighted by molar-refractivity contribution is 9.11. The molecule has 90 valence electrons. The summed E-state index contributed by atoms with van der Waals surface area (Å²) in [6.07, 6.45) is -3.92. The molecule has 0 bridgehead atoms. The Morgan fingerprint density at radius 1 is 1.62 bits per heavy atom. The molecule has 0 amide bonds. The minimum absolute atomic E-state index is 0.117. The van der Waals surface area contributed by atoms with Crippen molar-refractivity contribution in [3.8, 4) is 0 Å². The zero-order chi connectivity index (χ0) is 12.5. The van der Waals surface area contributed by atoms with Crippen molar-refractivity contribution < 1.29 is 27.8 Å². The van der Waals surface area contributed by atoms with E-state index in [1.54, 1.807) is 0 Å². The van der Waals surface area contributed by atoms with Crippen molar-refractivity contribution in [2.75, 3.05) is 7.11 Å². The number of hydrogen-bond donors (Lipinski definition) is 2. The number of rotatable bonds is 2. The smallest absolute Gasteiger partial charge is 0.421 e. The quantitative estimate of drug-likeness (QED) is 0.816. The molecular weight excluding hydrogens is 295 g/mol. The number of carboxylic acids is 1. The molecule has 0 saturated heterocycles. The Bertz CT molecular complexity index is 375. The molecule has 2 N–H and O–H groups in total. The third-order valence-electron chi connectivity index (χ3n) is 1.83. The lowest BCUT2D eigenvalue weighted by atomic mass is 10.1. The number of aliphatic carboxylic acids is 1. The van der Waals surface area contributed by atoms with Crippen LogP contribution in [0.15, 0.2) is 22.0 Å². The monoisotopic (exact) mass is 301 g/mol. The van der Waals surface area contributed by atoms with Crippen LogP contribution in [0.25, 0.3) is 0 Å². The number of halogens is 4. The zero-order valence-corrected chi connectivity index (χ0v) is 9.52. The molecule has 0 aromatic carbocycles. The largest absolute Gasteiger partial charge is 0.482 e. The van der Waals surface area contributed by atoms with E-state index in [2.05, 4.69) is 26.0 Å². The molecule has 1 heterocycles. The highest BCUT2D eigenvalue weighted by Gasteiger charge is 2.40. The molecule has 1 atom stereocenters. The van der Waals surface area contributed by atoms with Crippen LogP contribution in [0.5, 0.6) is 0 Å². The molecular formula is C8H7BrF3NO3.